The number of fused-ring (bicyclic) bond motifs is 1. The van der Waals surface area contributed by atoms with Crippen molar-refractivity contribution < 1.29 is 19.5 Å². The number of nitrogens with zero attached hydrogens (tertiary/aromatic N) is 1. The van der Waals surface area contributed by atoms with Gasteiger partial charge in [0, 0.05) is 24.2 Å². The van der Waals surface area contributed by atoms with Gasteiger partial charge in [-0.1, -0.05) is 6.07 Å². The number of hydrogen-bond donors (Lipinski definition) is 2. The fourth-order valence-corrected chi connectivity index (χ4v) is 2.69. The first kappa shape index (κ1) is 13.2. The highest BCUT2D eigenvalue weighted by atomic mass is 16.4. The van der Waals surface area contributed by atoms with Gasteiger partial charge in [0.25, 0.3) is 0 Å². The standard InChI is InChI=1S/C15H12N2O4/c18-13-4-3-10(14(19)17-13)8-1-2-11(15(20)21)12-7-16-6-5-9(8)12/h1-2,5-7,10H,3-4H2,(H,20,21)(H,17,18,19). The third-order valence-corrected chi connectivity index (χ3v) is 3.70. The first-order valence-electron chi connectivity index (χ1n) is 6.51. The van der Waals surface area contributed by atoms with E-state index in [0.717, 1.165) is 5.56 Å². The fourth-order valence-electron chi connectivity index (χ4n) is 2.69. The zero-order valence-corrected chi connectivity index (χ0v) is 11.0. The summed E-state index contributed by atoms with van der Waals surface area (Å²) in [6.45, 7) is 0. The molecule has 1 atom stereocenters. The van der Waals surface area contributed by atoms with Crippen molar-refractivity contribution in [3.05, 3.63) is 41.7 Å². The van der Waals surface area contributed by atoms with Crippen LogP contribution in [0.1, 0.15) is 34.7 Å². The van der Waals surface area contributed by atoms with Crippen molar-refractivity contribution in [3.8, 4) is 0 Å². The van der Waals surface area contributed by atoms with Crippen molar-refractivity contribution in [3.63, 3.8) is 0 Å². The maximum absolute atomic E-state index is 12.0. The van der Waals surface area contributed by atoms with Crippen molar-refractivity contribution in [1.82, 2.24) is 10.3 Å². The number of pyridine rings is 1. The number of hydrogen-bond acceptors (Lipinski definition) is 4. The van der Waals surface area contributed by atoms with Crippen LogP contribution in [0.4, 0.5) is 0 Å². The van der Waals surface area contributed by atoms with Gasteiger partial charge in [0.2, 0.25) is 11.8 Å². The second-order valence-corrected chi connectivity index (χ2v) is 4.93. The van der Waals surface area contributed by atoms with E-state index >= 15 is 0 Å². The van der Waals surface area contributed by atoms with Crippen molar-refractivity contribution in [2.45, 2.75) is 18.8 Å². The molecule has 1 aliphatic heterocycles. The van der Waals surface area contributed by atoms with Gasteiger partial charge in [-0.15, -0.1) is 0 Å². The number of nitrogens with one attached hydrogen (secondary N) is 1. The van der Waals surface area contributed by atoms with Gasteiger partial charge in [-0.25, -0.2) is 4.79 Å². The van der Waals surface area contributed by atoms with Gasteiger partial charge in [0.15, 0.2) is 0 Å². The van der Waals surface area contributed by atoms with Gasteiger partial charge in [-0.05, 0) is 29.5 Å². The average Bonchev–Trinajstić information content (AvgIpc) is 2.46. The summed E-state index contributed by atoms with van der Waals surface area (Å²) in [4.78, 5) is 38.5. The molecule has 6 heteroatoms. The van der Waals surface area contributed by atoms with Crippen molar-refractivity contribution >= 4 is 28.6 Å². The minimum Gasteiger partial charge on any atom is -0.478 e. The molecule has 1 unspecified atom stereocenters. The molecule has 0 bridgehead atoms. The molecule has 1 aromatic heterocycles. The number of aromatic nitrogens is 1. The normalized spacial score (nSPS) is 18.6. The van der Waals surface area contributed by atoms with Crippen molar-refractivity contribution in [2.75, 3.05) is 0 Å². The molecule has 0 aliphatic carbocycles. The molecule has 2 aromatic rings. The van der Waals surface area contributed by atoms with Crippen LogP contribution >= 0.6 is 0 Å². The zero-order valence-electron chi connectivity index (χ0n) is 11.0. The molecule has 1 saturated heterocycles. The lowest BCUT2D eigenvalue weighted by atomic mass is 9.86. The number of amides is 2. The Morgan fingerprint density at radius 1 is 1.24 bits per heavy atom. The fraction of sp³-hybridized carbons (Fsp3) is 0.200. The van der Waals surface area contributed by atoms with E-state index in [9.17, 15) is 19.5 Å². The van der Waals surface area contributed by atoms with E-state index in [0.29, 0.717) is 17.2 Å². The van der Waals surface area contributed by atoms with Crippen molar-refractivity contribution in [2.24, 2.45) is 0 Å². The van der Waals surface area contributed by atoms with Crippen molar-refractivity contribution in [1.29, 1.82) is 0 Å². The van der Waals surface area contributed by atoms with Gasteiger partial charge in [0.05, 0.1) is 11.5 Å². The lowest BCUT2D eigenvalue weighted by molar-refractivity contribution is -0.134. The number of carboxylic acid groups (broad SMARTS) is 1. The van der Waals surface area contributed by atoms with Crippen LogP contribution in [0.2, 0.25) is 0 Å². The van der Waals surface area contributed by atoms with E-state index in [1.54, 1.807) is 18.3 Å². The third-order valence-electron chi connectivity index (χ3n) is 3.70. The number of piperidine rings is 1. The highest BCUT2D eigenvalue weighted by Crippen LogP contribution is 2.32. The van der Waals surface area contributed by atoms with Gasteiger partial charge in [0.1, 0.15) is 0 Å². The molecule has 106 valence electrons. The molecule has 21 heavy (non-hydrogen) atoms. The molecule has 2 amide bonds. The molecule has 0 radical (unpaired) electrons. The topological polar surface area (TPSA) is 96.4 Å². The average molecular weight is 284 g/mol. The molecule has 0 spiro atoms. The van der Waals surface area contributed by atoms with Gasteiger partial charge >= 0.3 is 5.97 Å². The second kappa shape index (κ2) is 4.97. The van der Waals surface area contributed by atoms with Crippen LogP contribution in [0.15, 0.2) is 30.6 Å². The summed E-state index contributed by atoms with van der Waals surface area (Å²) < 4.78 is 0. The molecule has 2 heterocycles. The summed E-state index contributed by atoms with van der Waals surface area (Å²) in [5.74, 6) is -2.10. The number of carboxylic acids is 1. The summed E-state index contributed by atoms with van der Waals surface area (Å²) in [5.41, 5.74) is 0.872. The third kappa shape index (κ3) is 2.24. The Hall–Kier alpha value is -2.76. The smallest absolute Gasteiger partial charge is 0.336 e. The SMILES string of the molecule is O=C1CCC(c2ccc(C(=O)O)c3cnccc23)C(=O)N1. The van der Waals surface area contributed by atoms with Crippen LogP contribution in [0.3, 0.4) is 0 Å². The number of aromatic carboxylic acids is 1. The predicted molar refractivity (Wildman–Crippen MR) is 73.8 cm³/mol. The Labute approximate surface area is 119 Å². The van der Waals surface area contributed by atoms with Crippen LogP contribution in [-0.4, -0.2) is 27.9 Å². The van der Waals surface area contributed by atoms with E-state index in [4.69, 9.17) is 0 Å². The highest BCUT2D eigenvalue weighted by molar-refractivity contribution is 6.07. The molecule has 3 rings (SSSR count). The highest BCUT2D eigenvalue weighted by Gasteiger charge is 2.29. The predicted octanol–water partition coefficient (Wildman–Crippen LogP) is 1.45. The van der Waals surface area contributed by atoms with E-state index in [1.807, 2.05) is 0 Å². The summed E-state index contributed by atoms with van der Waals surface area (Å²) in [6, 6.07) is 4.82. The Bertz CT molecular complexity index is 769. The Morgan fingerprint density at radius 2 is 2.05 bits per heavy atom. The van der Waals surface area contributed by atoms with Crippen LogP contribution in [0, 0.1) is 0 Å². The van der Waals surface area contributed by atoms with E-state index in [-0.39, 0.29) is 23.8 Å². The molecule has 6 nitrogen and oxygen atoms in total. The summed E-state index contributed by atoms with van der Waals surface area (Å²) in [6.07, 6.45) is 3.75. The number of carbonyl (C=O) groups is 3. The molecule has 2 N–H and O–H groups in total. The molecule has 1 aliphatic rings. The first-order valence-corrected chi connectivity index (χ1v) is 6.51. The number of imide groups is 1. The van der Waals surface area contributed by atoms with Crippen LogP contribution < -0.4 is 5.32 Å². The quantitative estimate of drug-likeness (QED) is 0.814. The second-order valence-electron chi connectivity index (χ2n) is 4.93. The Morgan fingerprint density at radius 3 is 2.76 bits per heavy atom. The van der Waals surface area contributed by atoms with Gasteiger partial charge in [-0.3, -0.25) is 19.9 Å². The van der Waals surface area contributed by atoms with Gasteiger partial charge in [-0.2, -0.15) is 0 Å². The molecular formula is C15H12N2O4. The maximum atomic E-state index is 12.0. The van der Waals surface area contributed by atoms with Gasteiger partial charge < -0.3 is 5.11 Å². The number of benzene rings is 1. The molecular weight excluding hydrogens is 272 g/mol. The summed E-state index contributed by atoms with van der Waals surface area (Å²) in [5, 5.41) is 12.7. The van der Waals surface area contributed by atoms with Crippen LogP contribution in [0.25, 0.3) is 10.8 Å². The minimum atomic E-state index is -1.04. The number of rotatable bonds is 2. The zero-order chi connectivity index (χ0) is 15.0. The number of carbonyl (C=O) groups excluding carboxylic acids is 2. The monoisotopic (exact) mass is 284 g/mol. The van der Waals surface area contributed by atoms with E-state index < -0.39 is 11.9 Å². The molecule has 0 saturated carbocycles. The molecule has 1 aromatic carbocycles. The lowest BCUT2D eigenvalue weighted by Crippen LogP contribution is -2.39. The lowest BCUT2D eigenvalue weighted by Gasteiger charge is -2.22. The van der Waals surface area contributed by atoms with Crippen LogP contribution in [-0.2, 0) is 9.59 Å². The van der Waals surface area contributed by atoms with E-state index in [1.165, 1.54) is 12.3 Å². The largest absolute Gasteiger partial charge is 0.478 e. The molecule has 1 fully saturated rings. The maximum Gasteiger partial charge on any atom is 0.336 e. The Balaban J connectivity index is 2.16. The summed E-state index contributed by atoms with van der Waals surface area (Å²) in [7, 11) is 0. The van der Waals surface area contributed by atoms with E-state index in [2.05, 4.69) is 10.3 Å². The Kier molecular flexibility index (Phi) is 3.13. The minimum absolute atomic E-state index is 0.147. The first-order chi connectivity index (χ1) is 10.1. The van der Waals surface area contributed by atoms with Crippen LogP contribution in [0.5, 0.6) is 0 Å². The summed E-state index contributed by atoms with van der Waals surface area (Å²) >= 11 is 0.